The van der Waals surface area contributed by atoms with E-state index < -0.39 is 17.8 Å². The maximum absolute atomic E-state index is 12.9. The summed E-state index contributed by atoms with van der Waals surface area (Å²) in [5, 5.41) is 22.8. The third-order valence-corrected chi connectivity index (χ3v) is 9.27. The number of amides is 3. The first kappa shape index (κ1) is 36.2. The molecule has 2 saturated carbocycles. The molecule has 0 aromatic heterocycles. The molecule has 0 saturated heterocycles. The molecule has 258 valence electrons. The van der Waals surface area contributed by atoms with Gasteiger partial charge in [-0.25, -0.2) is 9.59 Å². The quantitative estimate of drug-likeness (QED) is 0.235. The molecule has 0 aliphatic heterocycles. The molecule has 10 heteroatoms. The lowest BCUT2D eigenvalue weighted by Gasteiger charge is -2.36. The second kappa shape index (κ2) is 17.0. The number of carboxylic acid groups (broad SMARTS) is 1. The van der Waals surface area contributed by atoms with Gasteiger partial charge in [0.15, 0.2) is 0 Å². The summed E-state index contributed by atoms with van der Waals surface area (Å²) in [6.07, 6.45) is 6.19. The average Bonchev–Trinajstić information content (AvgIpc) is 3.04. The van der Waals surface area contributed by atoms with E-state index in [2.05, 4.69) is 5.32 Å². The zero-order chi connectivity index (χ0) is 34.0. The molecule has 2 aliphatic rings. The maximum Gasteiger partial charge on any atom is 0.412 e. The van der Waals surface area contributed by atoms with E-state index in [1.807, 2.05) is 69.3 Å². The number of aryl methyl sites for hydroxylation is 1. The van der Waals surface area contributed by atoms with Crippen LogP contribution in [0.15, 0.2) is 48.5 Å². The number of carbonyl (C=O) groups is 3. The van der Waals surface area contributed by atoms with Gasteiger partial charge in [-0.05, 0) is 108 Å². The minimum absolute atomic E-state index is 0.0526. The number of nitrogens with one attached hydrogen (secondary N) is 1. The summed E-state index contributed by atoms with van der Waals surface area (Å²) in [6, 6.07) is 15.5. The molecule has 0 spiro atoms. The third-order valence-electron chi connectivity index (χ3n) is 9.27. The van der Waals surface area contributed by atoms with Crippen LogP contribution in [0.1, 0.15) is 84.1 Å². The fourth-order valence-electron chi connectivity index (χ4n) is 6.63. The van der Waals surface area contributed by atoms with Gasteiger partial charge in [-0.15, -0.1) is 0 Å². The Hall–Kier alpha value is -3.63. The fraction of sp³-hybridized carbons (Fsp3) is 0.595. The minimum atomic E-state index is -1.00. The lowest BCUT2D eigenvalue weighted by Crippen LogP contribution is -2.47. The molecule has 0 atom stereocenters. The Labute approximate surface area is 279 Å². The van der Waals surface area contributed by atoms with Crippen molar-refractivity contribution in [1.82, 2.24) is 10.2 Å². The lowest BCUT2D eigenvalue weighted by molar-refractivity contribution is -0.137. The van der Waals surface area contributed by atoms with Crippen molar-refractivity contribution < 1.29 is 34.1 Å². The van der Waals surface area contributed by atoms with E-state index in [0.29, 0.717) is 50.3 Å². The number of benzene rings is 2. The molecule has 4 rings (SSSR count). The molecule has 10 nitrogen and oxygen atoms in total. The first-order chi connectivity index (χ1) is 22.4. The molecule has 3 amide bonds. The minimum Gasteiger partial charge on any atom is -0.465 e. The molecular formula is C37H53N3O7. The Balaban J connectivity index is 1.39. The van der Waals surface area contributed by atoms with Crippen LogP contribution in [0, 0.1) is 5.92 Å². The standard InChI is InChI=1S/C37H53N3O7/c1-37(2,3)47-35(43)38-29-15-17-30(18-16-29)40(36(44)45)33-23-26(14-21-32(33)28-10-6-5-7-11-28)9-8-22-39(4)34(42)25-46-31-19-12-27(24-41)13-20-31/h5-7,10-11,14,21,23,27,29-31,41H,8-9,12-13,15-20,22,24-25H2,1-4H3,(H,38,43)(H,44,45)/t27-,29-,30-,31-. The first-order valence-electron chi connectivity index (χ1n) is 17.1. The van der Waals surface area contributed by atoms with Crippen LogP contribution < -0.4 is 10.2 Å². The Morgan fingerprint density at radius 1 is 0.936 bits per heavy atom. The van der Waals surface area contributed by atoms with Crippen LogP contribution >= 0.6 is 0 Å². The largest absolute Gasteiger partial charge is 0.465 e. The number of ether oxygens (including phenoxy) is 2. The summed E-state index contributed by atoms with van der Waals surface area (Å²) < 4.78 is 11.3. The van der Waals surface area contributed by atoms with Gasteiger partial charge in [0.25, 0.3) is 0 Å². The van der Waals surface area contributed by atoms with Gasteiger partial charge in [-0.2, -0.15) is 0 Å². The number of aliphatic hydroxyl groups is 1. The number of rotatable bonds is 12. The van der Waals surface area contributed by atoms with Crippen molar-refractivity contribution in [1.29, 1.82) is 0 Å². The molecule has 2 aromatic carbocycles. The van der Waals surface area contributed by atoms with Crippen LogP contribution in [-0.2, 0) is 20.7 Å². The molecule has 0 heterocycles. The number of aliphatic hydroxyl groups excluding tert-OH is 1. The molecule has 0 radical (unpaired) electrons. The van der Waals surface area contributed by atoms with Crippen molar-refractivity contribution in [3.63, 3.8) is 0 Å². The van der Waals surface area contributed by atoms with Crippen molar-refractivity contribution in [3.8, 4) is 11.1 Å². The van der Waals surface area contributed by atoms with E-state index in [-0.39, 0.29) is 37.3 Å². The summed E-state index contributed by atoms with van der Waals surface area (Å²) in [5.74, 6) is 0.296. The summed E-state index contributed by atoms with van der Waals surface area (Å²) in [5.41, 5.74) is 2.86. The molecule has 0 bridgehead atoms. The topological polar surface area (TPSA) is 129 Å². The van der Waals surface area contributed by atoms with E-state index in [0.717, 1.165) is 48.8 Å². The van der Waals surface area contributed by atoms with Crippen LogP contribution in [0.4, 0.5) is 15.3 Å². The normalized spacial score (nSPS) is 21.5. The third kappa shape index (κ3) is 11.0. The molecule has 47 heavy (non-hydrogen) atoms. The SMILES string of the molecule is CN(CCCc1ccc(-c2ccccc2)c(N(C(=O)O)[C@H]2CC[C@H](NC(=O)OC(C)(C)C)CC2)c1)C(=O)CO[C@H]1CC[C@H](CO)CC1. The van der Waals surface area contributed by atoms with Crippen molar-refractivity contribution in [2.24, 2.45) is 5.92 Å². The van der Waals surface area contributed by atoms with Crippen molar-refractivity contribution in [2.75, 3.05) is 31.7 Å². The lowest BCUT2D eigenvalue weighted by atomic mass is 9.88. The summed E-state index contributed by atoms with van der Waals surface area (Å²) in [4.78, 5) is 41.1. The van der Waals surface area contributed by atoms with Crippen LogP contribution in [0.5, 0.6) is 0 Å². The second-order valence-corrected chi connectivity index (χ2v) is 14.1. The fourth-order valence-corrected chi connectivity index (χ4v) is 6.63. The van der Waals surface area contributed by atoms with Gasteiger partial charge < -0.3 is 29.9 Å². The molecular weight excluding hydrogens is 598 g/mol. The monoisotopic (exact) mass is 651 g/mol. The number of alkyl carbamates (subject to hydrolysis) is 1. The van der Waals surface area contributed by atoms with Crippen molar-refractivity contribution in [2.45, 2.75) is 109 Å². The Kier molecular flexibility index (Phi) is 13.1. The number of carbonyl (C=O) groups excluding carboxylic acids is 2. The smallest absolute Gasteiger partial charge is 0.412 e. The summed E-state index contributed by atoms with van der Waals surface area (Å²) in [6.45, 7) is 6.32. The molecule has 3 N–H and O–H groups in total. The van der Waals surface area contributed by atoms with Gasteiger partial charge in [0.1, 0.15) is 12.2 Å². The highest BCUT2D eigenvalue weighted by Crippen LogP contribution is 2.37. The van der Waals surface area contributed by atoms with Crippen LogP contribution in [-0.4, -0.2) is 83.8 Å². The second-order valence-electron chi connectivity index (χ2n) is 14.1. The zero-order valence-electron chi connectivity index (χ0n) is 28.5. The molecule has 2 aliphatic carbocycles. The van der Waals surface area contributed by atoms with Crippen LogP contribution in [0.3, 0.4) is 0 Å². The van der Waals surface area contributed by atoms with Gasteiger partial charge in [0.2, 0.25) is 5.91 Å². The highest BCUT2D eigenvalue weighted by Gasteiger charge is 2.33. The average molecular weight is 652 g/mol. The Morgan fingerprint density at radius 2 is 1.62 bits per heavy atom. The number of likely N-dealkylation sites (N-methyl/N-ethyl adjacent to an activating group) is 1. The van der Waals surface area contributed by atoms with Gasteiger partial charge in [-0.3, -0.25) is 9.69 Å². The van der Waals surface area contributed by atoms with Crippen LogP contribution in [0.25, 0.3) is 11.1 Å². The van der Waals surface area contributed by atoms with Crippen molar-refractivity contribution >= 4 is 23.8 Å². The number of hydrogen-bond acceptors (Lipinski definition) is 6. The maximum atomic E-state index is 12.9. The molecule has 2 fully saturated rings. The number of nitrogens with zero attached hydrogens (tertiary/aromatic N) is 2. The Morgan fingerprint density at radius 3 is 2.23 bits per heavy atom. The van der Waals surface area contributed by atoms with Gasteiger partial charge in [0.05, 0.1) is 11.8 Å². The summed E-state index contributed by atoms with van der Waals surface area (Å²) >= 11 is 0. The van der Waals surface area contributed by atoms with E-state index in [1.54, 1.807) is 11.9 Å². The van der Waals surface area contributed by atoms with E-state index in [1.165, 1.54) is 4.90 Å². The molecule has 2 aromatic rings. The summed E-state index contributed by atoms with van der Waals surface area (Å²) in [7, 11) is 1.79. The van der Waals surface area contributed by atoms with E-state index in [4.69, 9.17) is 9.47 Å². The zero-order valence-corrected chi connectivity index (χ0v) is 28.5. The highest BCUT2D eigenvalue weighted by molar-refractivity contribution is 5.93. The number of hydrogen-bond donors (Lipinski definition) is 3. The Bertz CT molecular complexity index is 1310. The van der Waals surface area contributed by atoms with Crippen molar-refractivity contribution in [3.05, 3.63) is 54.1 Å². The van der Waals surface area contributed by atoms with E-state index in [9.17, 15) is 24.6 Å². The van der Waals surface area contributed by atoms with Gasteiger partial charge >= 0.3 is 12.2 Å². The predicted octanol–water partition coefficient (Wildman–Crippen LogP) is 6.63. The van der Waals surface area contributed by atoms with Gasteiger partial charge in [-0.1, -0.05) is 42.5 Å². The number of anilines is 1. The van der Waals surface area contributed by atoms with Crippen LogP contribution in [0.2, 0.25) is 0 Å². The predicted molar refractivity (Wildman–Crippen MR) is 183 cm³/mol. The molecule has 0 unspecified atom stereocenters. The van der Waals surface area contributed by atoms with E-state index >= 15 is 0 Å². The van der Waals surface area contributed by atoms with Gasteiger partial charge in [0, 0.05) is 37.8 Å². The first-order valence-corrected chi connectivity index (χ1v) is 17.1. The highest BCUT2D eigenvalue weighted by atomic mass is 16.6.